The second kappa shape index (κ2) is 8.89. The van der Waals surface area contributed by atoms with Crippen LogP contribution in [0.25, 0.3) is 0 Å². The zero-order valence-electron chi connectivity index (χ0n) is 4.64. The van der Waals surface area contributed by atoms with Gasteiger partial charge in [0.2, 0.25) is 0 Å². The molecule has 0 aliphatic rings. The standard InChI is InChI=1S/2Li.H3O4P.V/c;;1-5(2,3)4;/h;;(H3,1,2,3,4);. The Hall–Kier alpha value is 1.89. The Morgan fingerprint density at radius 3 is 1.00 bits per heavy atom. The van der Waals surface area contributed by atoms with Crippen molar-refractivity contribution in [1.29, 1.82) is 0 Å². The van der Waals surface area contributed by atoms with Crippen molar-refractivity contribution < 1.29 is 37.8 Å². The molecule has 4 nitrogen and oxygen atoms in total. The SMILES string of the molecule is O=P(O)(O)O.[Li].[Li].[V]. The monoisotopic (exact) mass is 163 g/mol. The molecule has 3 radical (unpaired) electrons. The molecule has 0 unspecified atom stereocenters. The van der Waals surface area contributed by atoms with Gasteiger partial charge in [0.25, 0.3) is 0 Å². The first-order chi connectivity index (χ1) is 2.00. The molecule has 0 aromatic heterocycles. The van der Waals surface area contributed by atoms with Crippen LogP contribution in [0.2, 0.25) is 0 Å². The molecule has 0 aromatic rings. The van der Waals surface area contributed by atoms with Crippen LogP contribution >= 0.6 is 7.82 Å². The van der Waals surface area contributed by atoms with Gasteiger partial charge in [-0.3, -0.25) is 0 Å². The van der Waals surface area contributed by atoms with Crippen LogP contribution in [0.1, 0.15) is 0 Å². The van der Waals surface area contributed by atoms with Crippen LogP contribution in [0.5, 0.6) is 0 Å². The first kappa shape index (κ1) is 22.5. The minimum absolute atomic E-state index is 0. The fraction of sp³-hybridized carbons (Fsp3) is 0. The van der Waals surface area contributed by atoms with Crippen LogP contribution < -0.4 is 0 Å². The van der Waals surface area contributed by atoms with Gasteiger partial charge in [-0.1, -0.05) is 0 Å². The first-order valence-corrected chi connectivity index (χ1v) is 2.35. The average Bonchev–Trinajstić information content (AvgIpc) is 0.722. The van der Waals surface area contributed by atoms with Crippen molar-refractivity contribution in [1.82, 2.24) is 0 Å². The van der Waals surface area contributed by atoms with E-state index in [0.29, 0.717) is 0 Å². The molecule has 0 amide bonds. The molecule has 8 heavy (non-hydrogen) atoms. The van der Waals surface area contributed by atoms with E-state index in [1.165, 1.54) is 0 Å². The van der Waals surface area contributed by atoms with E-state index in [1.54, 1.807) is 0 Å². The predicted molar refractivity (Wildman–Crippen MR) is 25.8 cm³/mol. The molecule has 0 atom stereocenters. The number of hydrogen-bond acceptors (Lipinski definition) is 1. The molecule has 0 spiro atoms. The Bertz CT molecular complexity index is 60.2. The van der Waals surface area contributed by atoms with Crippen molar-refractivity contribution in [2.45, 2.75) is 0 Å². The molecule has 0 aliphatic carbocycles. The molecule has 0 aromatic carbocycles. The van der Waals surface area contributed by atoms with Crippen molar-refractivity contribution in [3.8, 4) is 0 Å². The van der Waals surface area contributed by atoms with Gasteiger partial charge in [-0.15, -0.1) is 0 Å². The summed E-state index contributed by atoms with van der Waals surface area (Å²) in [6, 6.07) is 0. The average molecular weight is 163 g/mol. The molecule has 0 aliphatic heterocycles. The maximum absolute atomic E-state index is 8.88. The molecule has 3 N–H and O–H groups in total. The fourth-order valence-corrected chi connectivity index (χ4v) is 0. The zero-order valence-corrected chi connectivity index (χ0v) is 6.94. The summed E-state index contributed by atoms with van der Waals surface area (Å²) in [7, 11) is -4.64. The van der Waals surface area contributed by atoms with Crippen molar-refractivity contribution >= 4 is 45.5 Å². The fourth-order valence-electron chi connectivity index (χ4n) is 0. The van der Waals surface area contributed by atoms with E-state index in [9.17, 15) is 0 Å². The summed E-state index contributed by atoms with van der Waals surface area (Å²) < 4.78 is 8.88. The van der Waals surface area contributed by atoms with Crippen LogP contribution in [0.4, 0.5) is 0 Å². The van der Waals surface area contributed by atoms with Gasteiger partial charge in [-0.2, -0.15) is 0 Å². The van der Waals surface area contributed by atoms with Gasteiger partial charge < -0.3 is 14.7 Å². The maximum atomic E-state index is 8.88. The van der Waals surface area contributed by atoms with E-state index < -0.39 is 7.82 Å². The number of hydrogen-bond donors (Lipinski definition) is 3. The normalized spacial score (nSPS) is 7.38. The first-order valence-electron chi connectivity index (χ1n) is 0.783. The van der Waals surface area contributed by atoms with Gasteiger partial charge >= 0.3 is 7.82 Å². The Labute approximate surface area is 82.9 Å². The quantitative estimate of drug-likeness (QED) is 0.294. The smallest absolute Gasteiger partial charge is 0.303 e. The summed E-state index contributed by atoms with van der Waals surface area (Å²) in [4.78, 5) is 21.6. The number of rotatable bonds is 0. The van der Waals surface area contributed by atoms with Gasteiger partial charge in [0, 0.05) is 56.3 Å². The van der Waals surface area contributed by atoms with E-state index >= 15 is 0 Å². The Morgan fingerprint density at radius 2 is 1.00 bits per heavy atom. The van der Waals surface area contributed by atoms with E-state index in [1.807, 2.05) is 0 Å². The maximum Gasteiger partial charge on any atom is 0.466 e. The van der Waals surface area contributed by atoms with Gasteiger partial charge in [-0.25, -0.2) is 4.57 Å². The largest absolute Gasteiger partial charge is 0.466 e. The Morgan fingerprint density at radius 1 is 1.00 bits per heavy atom. The van der Waals surface area contributed by atoms with Crippen molar-refractivity contribution in [3.63, 3.8) is 0 Å². The second-order valence-corrected chi connectivity index (χ2v) is 1.54. The minimum atomic E-state index is -4.64. The van der Waals surface area contributed by atoms with Crippen molar-refractivity contribution in [3.05, 3.63) is 0 Å². The zero-order chi connectivity index (χ0) is 4.50. The third-order valence-corrected chi connectivity index (χ3v) is 0. The molecule has 0 saturated carbocycles. The summed E-state index contributed by atoms with van der Waals surface area (Å²) >= 11 is 0. The van der Waals surface area contributed by atoms with Gasteiger partial charge in [0.1, 0.15) is 0 Å². The van der Waals surface area contributed by atoms with Crippen molar-refractivity contribution in [2.24, 2.45) is 0 Å². The van der Waals surface area contributed by atoms with Gasteiger partial charge in [0.05, 0.1) is 0 Å². The molecule has 0 heterocycles. The summed E-state index contributed by atoms with van der Waals surface area (Å²) in [5.74, 6) is 0. The Balaban J connectivity index is -0.0000000267. The van der Waals surface area contributed by atoms with Gasteiger partial charge in [0.15, 0.2) is 0 Å². The molecule has 8 heteroatoms. The van der Waals surface area contributed by atoms with Crippen LogP contribution in [0, 0.1) is 0 Å². The molecule has 0 fully saturated rings. The molecular weight excluding hydrogens is 160 g/mol. The molecular formula is H3Li2O4PV. The Kier molecular flexibility index (Phi) is 25.0. The third kappa shape index (κ3) is 105. The molecule has 0 bridgehead atoms. The molecule has 39 valence electrons. The van der Waals surface area contributed by atoms with E-state index in [0.717, 1.165) is 0 Å². The third-order valence-electron chi connectivity index (χ3n) is 0. The second-order valence-electron chi connectivity index (χ2n) is 0.513. The predicted octanol–water partition coefficient (Wildman–Crippen LogP) is -1.69. The van der Waals surface area contributed by atoms with Crippen LogP contribution in [-0.4, -0.2) is 52.4 Å². The van der Waals surface area contributed by atoms with Crippen LogP contribution in [-0.2, 0) is 23.1 Å². The van der Waals surface area contributed by atoms with Crippen LogP contribution in [0.3, 0.4) is 0 Å². The topological polar surface area (TPSA) is 77.8 Å². The minimum Gasteiger partial charge on any atom is -0.303 e. The number of phosphoric acid groups is 1. The van der Waals surface area contributed by atoms with Crippen LogP contribution in [0.15, 0.2) is 0 Å². The molecule has 0 saturated heterocycles. The van der Waals surface area contributed by atoms with E-state index in [4.69, 9.17) is 19.2 Å². The molecule has 0 rings (SSSR count). The van der Waals surface area contributed by atoms with Gasteiger partial charge in [-0.05, 0) is 0 Å². The van der Waals surface area contributed by atoms with E-state index in [2.05, 4.69) is 0 Å². The summed E-state index contributed by atoms with van der Waals surface area (Å²) in [6.07, 6.45) is 0. The summed E-state index contributed by atoms with van der Waals surface area (Å²) in [5.41, 5.74) is 0. The summed E-state index contributed by atoms with van der Waals surface area (Å²) in [5, 5.41) is 0. The van der Waals surface area contributed by atoms with E-state index in [-0.39, 0.29) is 56.3 Å². The van der Waals surface area contributed by atoms with Crippen molar-refractivity contribution in [2.75, 3.05) is 0 Å². The summed E-state index contributed by atoms with van der Waals surface area (Å²) in [6.45, 7) is 0.